The first-order valence-electron chi connectivity index (χ1n) is 7.51. The number of rotatable bonds is 4. The molecule has 1 atom stereocenters. The monoisotopic (exact) mass is 274 g/mol. The molecule has 2 N–H and O–H groups in total. The van der Waals surface area contributed by atoms with Crippen molar-refractivity contribution in [2.75, 3.05) is 23.3 Å². The Balaban J connectivity index is 2.00. The Morgan fingerprint density at radius 3 is 3.10 bits per heavy atom. The summed E-state index contributed by atoms with van der Waals surface area (Å²) < 4.78 is 0. The van der Waals surface area contributed by atoms with Gasteiger partial charge in [0.2, 0.25) is 5.95 Å². The van der Waals surface area contributed by atoms with Crippen LogP contribution in [0.15, 0.2) is 6.33 Å². The van der Waals surface area contributed by atoms with Crippen molar-refractivity contribution in [1.29, 1.82) is 0 Å². The minimum Gasteiger partial charge on any atom is -0.354 e. The molecule has 0 aliphatic carbocycles. The van der Waals surface area contributed by atoms with Crippen LogP contribution in [0.3, 0.4) is 0 Å². The summed E-state index contributed by atoms with van der Waals surface area (Å²) >= 11 is 0. The van der Waals surface area contributed by atoms with Crippen molar-refractivity contribution < 1.29 is 0 Å². The van der Waals surface area contributed by atoms with Gasteiger partial charge in [0.15, 0.2) is 11.5 Å². The Kier molecular flexibility index (Phi) is 3.71. The molecule has 3 heterocycles. The number of nitrogens with zero attached hydrogens (tertiary/aromatic N) is 4. The minimum absolute atomic E-state index is 0.518. The van der Waals surface area contributed by atoms with E-state index in [1.54, 1.807) is 6.33 Å². The molecule has 0 aromatic carbocycles. The third-order valence-electron chi connectivity index (χ3n) is 3.87. The van der Waals surface area contributed by atoms with Crippen LogP contribution in [-0.2, 0) is 0 Å². The second kappa shape index (κ2) is 5.64. The lowest BCUT2D eigenvalue weighted by Crippen LogP contribution is -2.38. The summed E-state index contributed by atoms with van der Waals surface area (Å²) in [5, 5.41) is 3.27. The average molecular weight is 274 g/mol. The second-order valence-electron chi connectivity index (χ2n) is 5.44. The van der Waals surface area contributed by atoms with Crippen LogP contribution >= 0.6 is 0 Å². The maximum absolute atomic E-state index is 4.72. The van der Waals surface area contributed by atoms with Gasteiger partial charge in [0.1, 0.15) is 5.52 Å². The predicted octanol–water partition coefficient (Wildman–Crippen LogP) is 2.55. The minimum atomic E-state index is 0.518. The molecule has 1 aliphatic heterocycles. The number of aromatic amines is 1. The SMILES string of the molecule is CCCNc1nc(N2CCCCC2C)c2[nH]cnc2n1. The molecule has 1 unspecified atom stereocenters. The van der Waals surface area contributed by atoms with Crippen LogP contribution < -0.4 is 10.2 Å². The van der Waals surface area contributed by atoms with Gasteiger partial charge < -0.3 is 15.2 Å². The van der Waals surface area contributed by atoms with E-state index in [4.69, 9.17) is 4.98 Å². The summed E-state index contributed by atoms with van der Waals surface area (Å²) in [4.78, 5) is 19.0. The lowest BCUT2D eigenvalue weighted by Gasteiger charge is -2.34. The quantitative estimate of drug-likeness (QED) is 0.896. The zero-order valence-corrected chi connectivity index (χ0v) is 12.2. The van der Waals surface area contributed by atoms with Crippen molar-refractivity contribution in [3.8, 4) is 0 Å². The van der Waals surface area contributed by atoms with E-state index in [0.717, 1.165) is 36.5 Å². The van der Waals surface area contributed by atoms with Crippen LogP contribution in [0.5, 0.6) is 0 Å². The summed E-state index contributed by atoms with van der Waals surface area (Å²) in [5.41, 5.74) is 1.69. The van der Waals surface area contributed by atoms with E-state index >= 15 is 0 Å². The first kappa shape index (κ1) is 13.1. The van der Waals surface area contributed by atoms with E-state index < -0.39 is 0 Å². The first-order chi connectivity index (χ1) is 9.79. The Morgan fingerprint density at radius 2 is 2.30 bits per heavy atom. The molecular weight excluding hydrogens is 252 g/mol. The second-order valence-corrected chi connectivity index (χ2v) is 5.44. The maximum Gasteiger partial charge on any atom is 0.226 e. The van der Waals surface area contributed by atoms with Crippen LogP contribution in [0.1, 0.15) is 39.5 Å². The van der Waals surface area contributed by atoms with E-state index in [-0.39, 0.29) is 0 Å². The average Bonchev–Trinajstić information content (AvgIpc) is 2.93. The van der Waals surface area contributed by atoms with Crippen molar-refractivity contribution in [3.05, 3.63) is 6.33 Å². The number of nitrogens with one attached hydrogen (secondary N) is 2. The van der Waals surface area contributed by atoms with E-state index in [2.05, 4.69) is 39.0 Å². The zero-order chi connectivity index (χ0) is 13.9. The Morgan fingerprint density at radius 1 is 1.40 bits per heavy atom. The lowest BCUT2D eigenvalue weighted by atomic mass is 10.0. The number of aromatic nitrogens is 4. The van der Waals surface area contributed by atoms with Gasteiger partial charge in [-0.05, 0) is 32.6 Å². The van der Waals surface area contributed by atoms with Gasteiger partial charge in [-0.3, -0.25) is 0 Å². The summed E-state index contributed by atoms with van der Waals surface area (Å²) in [6, 6.07) is 0.518. The highest BCUT2D eigenvalue weighted by atomic mass is 15.3. The number of imidazole rings is 1. The largest absolute Gasteiger partial charge is 0.354 e. The summed E-state index contributed by atoms with van der Waals surface area (Å²) in [6.45, 7) is 6.33. The Labute approximate surface area is 119 Å². The van der Waals surface area contributed by atoms with E-state index in [9.17, 15) is 0 Å². The molecule has 0 radical (unpaired) electrons. The topological polar surface area (TPSA) is 69.7 Å². The Hall–Kier alpha value is -1.85. The third kappa shape index (κ3) is 2.42. The molecule has 1 aliphatic rings. The molecule has 108 valence electrons. The van der Waals surface area contributed by atoms with Crippen molar-refractivity contribution in [2.24, 2.45) is 0 Å². The van der Waals surface area contributed by atoms with Gasteiger partial charge >= 0.3 is 0 Å². The van der Waals surface area contributed by atoms with Crippen molar-refractivity contribution in [3.63, 3.8) is 0 Å². The fraction of sp³-hybridized carbons (Fsp3) is 0.643. The van der Waals surface area contributed by atoms with Crippen LogP contribution in [0, 0.1) is 0 Å². The number of piperidine rings is 1. The van der Waals surface area contributed by atoms with E-state index in [1.165, 1.54) is 19.3 Å². The molecule has 0 saturated carbocycles. The molecule has 0 bridgehead atoms. The van der Waals surface area contributed by atoms with Gasteiger partial charge in [-0.25, -0.2) is 4.98 Å². The molecule has 3 rings (SSSR count). The highest BCUT2D eigenvalue weighted by Crippen LogP contribution is 2.28. The molecule has 2 aromatic rings. The van der Waals surface area contributed by atoms with Crippen molar-refractivity contribution >= 4 is 22.9 Å². The van der Waals surface area contributed by atoms with Crippen LogP contribution in [-0.4, -0.2) is 39.1 Å². The predicted molar refractivity (Wildman–Crippen MR) is 81.1 cm³/mol. The standard InChI is InChI=1S/C14H22N6/c1-3-7-15-14-18-12-11(16-9-17-12)13(19-14)20-8-5-4-6-10(20)2/h9-10H,3-8H2,1-2H3,(H2,15,16,17,18,19). The van der Waals surface area contributed by atoms with Gasteiger partial charge in [-0.15, -0.1) is 0 Å². The van der Waals surface area contributed by atoms with E-state index in [0.29, 0.717) is 12.0 Å². The fourth-order valence-electron chi connectivity index (χ4n) is 2.75. The Bertz CT molecular complexity index is 578. The number of anilines is 2. The maximum atomic E-state index is 4.72. The zero-order valence-electron chi connectivity index (χ0n) is 12.2. The molecule has 1 fully saturated rings. The van der Waals surface area contributed by atoms with Crippen LogP contribution in [0.4, 0.5) is 11.8 Å². The van der Waals surface area contributed by atoms with Gasteiger partial charge in [-0.2, -0.15) is 9.97 Å². The molecule has 6 heteroatoms. The molecule has 20 heavy (non-hydrogen) atoms. The van der Waals surface area contributed by atoms with Crippen molar-refractivity contribution in [2.45, 2.75) is 45.6 Å². The summed E-state index contributed by atoms with van der Waals surface area (Å²) in [7, 11) is 0. The molecule has 6 nitrogen and oxygen atoms in total. The number of H-pyrrole nitrogens is 1. The first-order valence-corrected chi connectivity index (χ1v) is 7.51. The smallest absolute Gasteiger partial charge is 0.226 e. The molecule has 0 amide bonds. The number of hydrogen-bond acceptors (Lipinski definition) is 5. The summed E-state index contributed by atoms with van der Waals surface area (Å²) in [5.74, 6) is 1.66. The lowest BCUT2D eigenvalue weighted by molar-refractivity contribution is 0.482. The highest BCUT2D eigenvalue weighted by Gasteiger charge is 2.23. The third-order valence-corrected chi connectivity index (χ3v) is 3.87. The number of fused-ring (bicyclic) bond motifs is 1. The summed E-state index contributed by atoms with van der Waals surface area (Å²) in [6.07, 6.45) is 6.49. The van der Waals surface area contributed by atoms with Crippen LogP contribution in [0.25, 0.3) is 11.2 Å². The van der Waals surface area contributed by atoms with Gasteiger partial charge in [-0.1, -0.05) is 6.92 Å². The molecule has 2 aromatic heterocycles. The van der Waals surface area contributed by atoms with Gasteiger partial charge in [0.05, 0.1) is 6.33 Å². The van der Waals surface area contributed by atoms with Crippen LogP contribution in [0.2, 0.25) is 0 Å². The molecule has 1 saturated heterocycles. The molecular formula is C14H22N6. The van der Waals surface area contributed by atoms with E-state index in [1.807, 2.05) is 0 Å². The highest BCUT2D eigenvalue weighted by molar-refractivity contribution is 5.84. The molecule has 0 spiro atoms. The van der Waals surface area contributed by atoms with Gasteiger partial charge in [0.25, 0.3) is 0 Å². The van der Waals surface area contributed by atoms with Gasteiger partial charge in [0, 0.05) is 19.1 Å². The normalized spacial score (nSPS) is 19.5. The fourth-order valence-corrected chi connectivity index (χ4v) is 2.75. The van der Waals surface area contributed by atoms with Crippen molar-refractivity contribution in [1.82, 2.24) is 19.9 Å². The number of hydrogen-bond donors (Lipinski definition) is 2.